The minimum Gasteiger partial charge on any atom is -0.186 e. The molecule has 0 bridgehead atoms. The van der Waals surface area contributed by atoms with Crippen LogP contribution in [0.4, 0.5) is 0 Å². The van der Waals surface area contributed by atoms with E-state index in [0.717, 1.165) is 5.56 Å². The number of hydrogen-bond donors (Lipinski definition) is 0. The lowest BCUT2D eigenvalue weighted by Crippen LogP contribution is -1.88. The maximum Gasteiger partial charge on any atom is 0.0332 e. The lowest BCUT2D eigenvalue weighted by molar-refractivity contribution is 1.60. The van der Waals surface area contributed by atoms with E-state index < -0.39 is 10.0 Å². The fourth-order valence-corrected chi connectivity index (χ4v) is 2.82. The molecule has 0 unspecified atom stereocenters. The summed E-state index contributed by atoms with van der Waals surface area (Å²) >= 11 is 0. The summed E-state index contributed by atoms with van der Waals surface area (Å²) in [5.41, 5.74) is 3.55. The summed E-state index contributed by atoms with van der Waals surface area (Å²) < 4.78 is 0. The summed E-state index contributed by atoms with van der Waals surface area (Å²) in [6.07, 6.45) is 6.66. The summed E-state index contributed by atoms with van der Waals surface area (Å²) in [7, 11) is -0.817. The van der Waals surface area contributed by atoms with Crippen molar-refractivity contribution in [2.75, 3.05) is 18.8 Å². The van der Waals surface area contributed by atoms with E-state index >= 15 is 0 Å². The molecule has 0 aliphatic rings. The van der Waals surface area contributed by atoms with Crippen LogP contribution in [0.2, 0.25) is 0 Å². The van der Waals surface area contributed by atoms with Gasteiger partial charge in [0.05, 0.1) is 0 Å². The lowest BCUT2D eigenvalue weighted by Gasteiger charge is -2.15. The second-order valence-corrected chi connectivity index (χ2v) is 10.1. The molecule has 0 amide bonds. The van der Waals surface area contributed by atoms with Gasteiger partial charge in [-0.25, -0.2) is 0 Å². The molecule has 0 aromatic heterocycles. The SMILES string of the molecule is CS(C)(C)C#Cc1ccccc1-c1ccc2ccccc2c1. The largest absolute Gasteiger partial charge is 0.186 e. The molecule has 0 heterocycles. The van der Waals surface area contributed by atoms with Crippen LogP contribution in [0.15, 0.2) is 66.7 Å². The monoisotopic (exact) mass is 304 g/mol. The molecule has 0 spiro atoms. The molecule has 0 aliphatic heterocycles. The fraction of sp³-hybridized carbons (Fsp3) is 0.143. The second kappa shape index (κ2) is 5.91. The van der Waals surface area contributed by atoms with E-state index in [4.69, 9.17) is 0 Å². The third-order valence-electron chi connectivity index (χ3n) is 3.48. The van der Waals surface area contributed by atoms with E-state index in [1.807, 2.05) is 0 Å². The number of fused-ring (bicyclic) bond motifs is 1. The van der Waals surface area contributed by atoms with Gasteiger partial charge >= 0.3 is 0 Å². The van der Waals surface area contributed by atoms with E-state index in [1.165, 1.54) is 21.9 Å². The molecule has 0 saturated carbocycles. The van der Waals surface area contributed by atoms with Gasteiger partial charge in [0.15, 0.2) is 0 Å². The Labute approximate surface area is 134 Å². The first-order valence-corrected chi connectivity index (χ1v) is 10.2. The first-order valence-electron chi connectivity index (χ1n) is 7.32. The van der Waals surface area contributed by atoms with E-state index in [2.05, 4.69) is 96.7 Å². The Kier molecular flexibility index (Phi) is 3.96. The van der Waals surface area contributed by atoms with Crippen molar-refractivity contribution in [2.45, 2.75) is 0 Å². The summed E-state index contributed by atoms with van der Waals surface area (Å²) in [6.45, 7) is 0. The Morgan fingerprint density at radius 3 is 2.18 bits per heavy atom. The molecule has 3 aromatic carbocycles. The number of benzene rings is 3. The van der Waals surface area contributed by atoms with E-state index in [9.17, 15) is 0 Å². The van der Waals surface area contributed by atoms with Gasteiger partial charge in [-0.1, -0.05) is 60.5 Å². The van der Waals surface area contributed by atoms with E-state index in [1.54, 1.807) is 0 Å². The van der Waals surface area contributed by atoms with Gasteiger partial charge < -0.3 is 0 Å². The minimum atomic E-state index is -0.817. The Balaban J connectivity index is 2.12. The van der Waals surface area contributed by atoms with Crippen molar-refractivity contribution in [1.82, 2.24) is 0 Å². The molecule has 0 saturated heterocycles. The van der Waals surface area contributed by atoms with Crippen LogP contribution in [0, 0.1) is 11.2 Å². The maximum atomic E-state index is 3.42. The molecular formula is C21H20S. The molecular weight excluding hydrogens is 284 g/mol. The zero-order valence-corrected chi connectivity index (χ0v) is 14.1. The third-order valence-corrected chi connectivity index (χ3v) is 4.19. The van der Waals surface area contributed by atoms with Gasteiger partial charge in [-0.3, -0.25) is 0 Å². The fourth-order valence-electron chi connectivity index (χ4n) is 2.41. The summed E-state index contributed by atoms with van der Waals surface area (Å²) in [4.78, 5) is 0. The molecule has 3 aromatic rings. The summed E-state index contributed by atoms with van der Waals surface area (Å²) in [5, 5.41) is 5.96. The highest BCUT2D eigenvalue weighted by molar-refractivity contribution is 8.35. The lowest BCUT2D eigenvalue weighted by atomic mass is 9.97. The van der Waals surface area contributed by atoms with Crippen LogP contribution >= 0.6 is 10.0 Å². The van der Waals surface area contributed by atoms with Crippen molar-refractivity contribution >= 4 is 20.8 Å². The van der Waals surface area contributed by atoms with E-state index in [0.29, 0.717) is 0 Å². The predicted octanol–water partition coefficient (Wildman–Crippen LogP) is 5.51. The summed E-state index contributed by atoms with van der Waals surface area (Å²) in [6, 6.07) is 23.5. The molecule has 0 fully saturated rings. The average Bonchev–Trinajstić information content (AvgIpc) is 2.52. The third kappa shape index (κ3) is 3.35. The van der Waals surface area contributed by atoms with E-state index in [-0.39, 0.29) is 0 Å². The highest BCUT2D eigenvalue weighted by Gasteiger charge is 2.04. The standard InChI is InChI=1S/C21H20S/c1-22(2,3)15-14-18-9-6-7-11-21(18)20-13-12-17-8-4-5-10-19(17)16-20/h4-13,16H,1-3H3. The van der Waals surface area contributed by atoms with Crippen LogP contribution < -0.4 is 0 Å². The smallest absolute Gasteiger partial charge is 0.0332 e. The first-order chi connectivity index (χ1) is 10.5. The van der Waals surface area contributed by atoms with Gasteiger partial charge in [0.2, 0.25) is 0 Å². The quantitative estimate of drug-likeness (QED) is 0.520. The van der Waals surface area contributed by atoms with Crippen LogP contribution in [0.3, 0.4) is 0 Å². The molecule has 110 valence electrons. The number of hydrogen-bond acceptors (Lipinski definition) is 0. The van der Waals surface area contributed by atoms with Crippen molar-refractivity contribution in [3.63, 3.8) is 0 Å². The predicted molar refractivity (Wildman–Crippen MR) is 102 cm³/mol. The van der Waals surface area contributed by atoms with Crippen molar-refractivity contribution in [1.29, 1.82) is 0 Å². The molecule has 0 aliphatic carbocycles. The second-order valence-electron chi connectivity index (χ2n) is 6.17. The Hall–Kier alpha value is -2.17. The Morgan fingerprint density at radius 1 is 0.727 bits per heavy atom. The van der Waals surface area contributed by atoms with Gasteiger partial charge in [0, 0.05) is 5.56 Å². The van der Waals surface area contributed by atoms with Gasteiger partial charge in [0.25, 0.3) is 0 Å². The first kappa shape index (κ1) is 14.8. The van der Waals surface area contributed by atoms with Gasteiger partial charge in [-0.15, -0.1) is 0 Å². The van der Waals surface area contributed by atoms with Gasteiger partial charge in [0.1, 0.15) is 0 Å². The van der Waals surface area contributed by atoms with Crippen molar-refractivity contribution in [3.05, 3.63) is 72.3 Å². The molecule has 0 nitrogen and oxygen atoms in total. The maximum absolute atomic E-state index is 3.42. The van der Waals surface area contributed by atoms with Gasteiger partial charge in [-0.05, 0) is 58.1 Å². The highest BCUT2D eigenvalue weighted by Crippen LogP contribution is 2.33. The van der Waals surface area contributed by atoms with Crippen LogP contribution in [0.25, 0.3) is 21.9 Å². The van der Waals surface area contributed by atoms with Crippen molar-refractivity contribution < 1.29 is 0 Å². The molecule has 3 rings (SSSR count). The molecule has 22 heavy (non-hydrogen) atoms. The summed E-state index contributed by atoms with van der Waals surface area (Å²) in [5.74, 6) is 3.39. The molecule has 1 heteroatoms. The van der Waals surface area contributed by atoms with Crippen LogP contribution in [-0.2, 0) is 0 Å². The van der Waals surface area contributed by atoms with Crippen molar-refractivity contribution in [3.8, 4) is 22.3 Å². The minimum absolute atomic E-state index is 0.817. The molecule has 0 atom stereocenters. The van der Waals surface area contributed by atoms with Crippen LogP contribution in [0.5, 0.6) is 0 Å². The Bertz CT molecular complexity index is 873. The van der Waals surface area contributed by atoms with Crippen LogP contribution in [-0.4, -0.2) is 18.8 Å². The molecule has 0 radical (unpaired) electrons. The Morgan fingerprint density at radius 2 is 1.41 bits per heavy atom. The molecule has 0 N–H and O–H groups in total. The van der Waals surface area contributed by atoms with Crippen LogP contribution in [0.1, 0.15) is 5.56 Å². The highest BCUT2D eigenvalue weighted by atomic mass is 32.3. The normalized spacial score (nSPS) is 11.8. The zero-order chi connectivity index (χ0) is 15.6. The average molecular weight is 304 g/mol. The topological polar surface area (TPSA) is 0 Å². The van der Waals surface area contributed by atoms with Crippen molar-refractivity contribution in [2.24, 2.45) is 0 Å². The van der Waals surface area contributed by atoms with Gasteiger partial charge in [-0.2, -0.15) is 10.0 Å². The zero-order valence-electron chi connectivity index (χ0n) is 13.3. The number of rotatable bonds is 1.